The maximum atomic E-state index is 15.1. The average molecular weight is 607 g/mol. The van der Waals surface area contributed by atoms with E-state index in [1.807, 2.05) is 30.3 Å². The van der Waals surface area contributed by atoms with Crippen molar-refractivity contribution in [3.05, 3.63) is 81.1 Å². The van der Waals surface area contributed by atoms with E-state index >= 15 is 4.39 Å². The molecule has 1 unspecified atom stereocenters. The molecule has 1 aliphatic heterocycles. The first-order chi connectivity index (χ1) is 20.6. The van der Waals surface area contributed by atoms with Crippen molar-refractivity contribution in [2.24, 2.45) is 22.4 Å². The molecule has 0 radical (unpaired) electrons. The van der Waals surface area contributed by atoms with Gasteiger partial charge in [-0.05, 0) is 86.4 Å². The zero-order chi connectivity index (χ0) is 30.7. The average Bonchev–Trinajstić information content (AvgIpc) is 3.36. The number of nitrogens with two attached hydrogens (primary N) is 2. The van der Waals surface area contributed by atoms with Crippen LogP contribution in [0.4, 0.5) is 4.39 Å². The second-order valence-electron chi connectivity index (χ2n) is 12.0. The van der Waals surface area contributed by atoms with E-state index < -0.39 is 11.5 Å². The number of hydrogen-bond donors (Lipinski definition) is 3. The standard InChI is InChI=1S/C33H40ClFN6O2/c1-19(2)5-4-6-21-13-27(31(35)28(34)14-21)29-15-23-18-41(33(42)40-32(23)39-29)25-9-7-22(8-10-25)30-17-24(37)16-26(43-30)11-12-38-20(3)36/h7-10,13-15,18-19,24,26,30H,4-6,11-12,16-17,37H2,1-3H3,(H2,36,38)(H,39,40,42)/t24?,26-,30+/m0/s1. The Morgan fingerprint density at radius 2 is 2.00 bits per heavy atom. The highest BCUT2D eigenvalue weighted by atomic mass is 35.5. The third-order valence-electron chi connectivity index (χ3n) is 7.93. The van der Waals surface area contributed by atoms with Crippen LogP contribution in [0.2, 0.25) is 5.02 Å². The Balaban J connectivity index is 1.37. The lowest BCUT2D eigenvalue weighted by molar-refractivity contribution is -0.0604. The normalized spacial score (nSPS) is 19.4. The molecular weight excluding hydrogens is 567 g/mol. The van der Waals surface area contributed by atoms with E-state index in [2.05, 4.69) is 28.8 Å². The molecule has 0 amide bonds. The molecule has 8 nitrogen and oxygen atoms in total. The van der Waals surface area contributed by atoms with Gasteiger partial charge in [0.15, 0.2) is 5.82 Å². The number of benzene rings is 2. The summed E-state index contributed by atoms with van der Waals surface area (Å²) in [6, 6.07) is 13.0. The predicted octanol–water partition coefficient (Wildman–Crippen LogP) is 6.47. The number of fused-ring (bicyclic) bond motifs is 1. The Bertz CT molecular complexity index is 1660. The number of aryl methyl sites for hydroxylation is 1. The first kappa shape index (κ1) is 30.9. The first-order valence-electron chi connectivity index (χ1n) is 15.0. The topological polar surface area (TPSA) is 124 Å². The molecule has 1 fully saturated rings. The van der Waals surface area contributed by atoms with Crippen LogP contribution in [0, 0.1) is 11.7 Å². The molecule has 1 saturated heterocycles. The summed E-state index contributed by atoms with van der Waals surface area (Å²) in [7, 11) is 0. The van der Waals surface area contributed by atoms with E-state index in [4.69, 9.17) is 27.8 Å². The zero-order valence-electron chi connectivity index (χ0n) is 24.9. The number of aromatic amines is 1. The van der Waals surface area contributed by atoms with Crippen molar-refractivity contribution in [3.8, 4) is 16.9 Å². The van der Waals surface area contributed by atoms with Crippen LogP contribution in [-0.4, -0.2) is 39.1 Å². The molecule has 5 N–H and O–H groups in total. The van der Waals surface area contributed by atoms with Gasteiger partial charge in [-0.3, -0.25) is 9.56 Å². The number of halogens is 2. The SMILES string of the molecule is CC(N)=NCC[C@H]1CC(N)C[C@H](c2ccc(-n3cc4cc(-c5cc(CCCC(C)C)cc(Cl)c5F)[nH]c4nc3=O)cc2)O1. The highest BCUT2D eigenvalue weighted by molar-refractivity contribution is 6.31. The third-order valence-corrected chi connectivity index (χ3v) is 8.20. The Hall–Kier alpha value is -3.53. The lowest BCUT2D eigenvalue weighted by Crippen LogP contribution is -2.37. The highest BCUT2D eigenvalue weighted by Gasteiger charge is 2.28. The van der Waals surface area contributed by atoms with Gasteiger partial charge < -0.3 is 21.2 Å². The van der Waals surface area contributed by atoms with Crippen molar-refractivity contribution < 1.29 is 9.13 Å². The molecular formula is C33H40ClFN6O2. The third kappa shape index (κ3) is 7.52. The number of ether oxygens (including phenoxy) is 1. The summed E-state index contributed by atoms with van der Waals surface area (Å²) in [6.45, 7) is 6.75. The summed E-state index contributed by atoms with van der Waals surface area (Å²) in [5.41, 5.74) is 15.5. The van der Waals surface area contributed by atoms with Crippen molar-refractivity contribution in [2.45, 2.75) is 77.5 Å². The minimum atomic E-state index is -0.499. The Labute approximate surface area is 256 Å². The van der Waals surface area contributed by atoms with Crippen molar-refractivity contribution in [1.29, 1.82) is 0 Å². The van der Waals surface area contributed by atoms with Gasteiger partial charge in [0.05, 0.1) is 34.4 Å². The number of nitrogens with zero attached hydrogens (tertiary/aromatic N) is 3. The van der Waals surface area contributed by atoms with Gasteiger partial charge in [-0.25, -0.2) is 9.18 Å². The lowest BCUT2D eigenvalue weighted by Gasteiger charge is -2.34. The maximum Gasteiger partial charge on any atom is 0.354 e. The molecule has 2 aromatic carbocycles. The number of rotatable bonds is 10. The number of hydrogen-bond acceptors (Lipinski definition) is 5. The van der Waals surface area contributed by atoms with Crippen LogP contribution in [0.15, 0.2) is 58.4 Å². The molecule has 5 rings (SSSR count). The van der Waals surface area contributed by atoms with Crippen molar-refractivity contribution in [3.63, 3.8) is 0 Å². The number of nitrogens with one attached hydrogen (secondary N) is 1. The van der Waals surface area contributed by atoms with Crippen LogP contribution >= 0.6 is 11.6 Å². The summed E-state index contributed by atoms with van der Waals surface area (Å²) in [4.78, 5) is 24.7. The van der Waals surface area contributed by atoms with Crippen LogP contribution in [0.3, 0.4) is 0 Å². The minimum Gasteiger partial charge on any atom is -0.388 e. The molecule has 3 heterocycles. The molecule has 3 atom stereocenters. The van der Waals surface area contributed by atoms with Gasteiger partial charge in [0, 0.05) is 29.7 Å². The van der Waals surface area contributed by atoms with Crippen molar-refractivity contribution >= 4 is 28.5 Å². The molecule has 0 saturated carbocycles. The summed E-state index contributed by atoms with van der Waals surface area (Å²) in [5, 5.41) is 0.760. The smallest absolute Gasteiger partial charge is 0.354 e. The van der Waals surface area contributed by atoms with E-state index in [1.54, 1.807) is 25.3 Å². The molecule has 0 bridgehead atoms. The predicted molar refractivity (Wildman–Crippen MR) is 171 cm³/mol. The highest BCUT2D eigenvalue weighted by Crippen LogP contribution is 2.33. The van der Waals surface area contributed by atoms with Crippen LogP contribution in [0.1, 0.15) is 70.1 Å². The van der Waals surface area contributed by atoms with Gasteiger partial charge in [0.1, 0.15) is 5.65 Å². The van der Waals surface area contributed by atoms with Crippen LogP contribution in [0.25, 0.3) is 28.0 Å². The van der Waals surface area contributed by atoms with Gasteiger partial charge in [0.2, 0.25) is 0 Å². The second kappa shape index (κ2) is 13.4. The minimum absolute atomic E-state index is 0.00832. The van der Waals surface area contributed by atoms with E-state index in [0.29, 0.717) is 52.7 Å². The van der Waals surface area contributed by atoms with Crippen LogP contribution < -0.4 is 17.2 Å². The monoisotopic (exact) mass is 606 g/mol. The molecule has 1 aliphatic rings. The van der Waals surface area contributed by atoms with Crippen molar-refractivity contribution in [1.82, 2.24) is 14.5 Å². The quantitative estimate of drug-likeness (QED) is 0.141. The Morgan fingerprint density at radius 3 is 2.72 bits per heavy atom. The molecule has 0 aliphatic carbocycles. The van der Waals surface area contributed by atoms with Gasteiger partial charge in [-0.2, -0.15) is 4.98 Å². The summed E-state index contributed by atoms with van der Waals surface area (Å²) in [6.07, 6.45) is 6.73. The number of aromatic nitrogens is 3. The lowest BCUT2D eigenvalue weighted by atomic mass is 9.93. The summed E-state index contributed by atoms with van der Waals surface area (Å²) < 4.78 is 23.0. The van der Waals surface area contributed by atoms with Gasteiger partial charge in [-0.1, -0.05) is 44.0 Å². The maximum absolute atomic E-state index is 15.1. The van der Waals surface area contributed by atoms with E-state index in [0.717, 1.165) is 43.2 Å². The second-order valence-corrected chi connectivity index (χ2v) is 12.4. The molecule has 43 heavy (non-hydrogen) atoms. The summed E-state index contributed by atoms with van der Waals surface area (Å²) >= 11 is 6.27. The fourth-order valence-corrected chi connectivity index (χ4v) is 5.95. The number of aliphatic imine (C=N–C) groups is 1. The molecule has 0 spiro atoms. The fourth-order valence-electron chi connectivity index (χ4n) is 5.71. The van der Waals surface area contributed by atoms with Gasteiger partial charge in [0.25, 0.3) is 0 Å². The van der Waals surface area contributed by atoms with Crippen molar-refractivity contribution in [2.75, 3.05) is 6.54 Å². The first-order valence-corrected chi connectivity index (χ1v) is 15.3. The Morgan fingerprint density at radius 1 is 1.23 bits per heavy atom. The number of H-pyrrole nitrogens is 1. The molecule has 4 aromatic rings. The molecule has 10 heteroatoms. The largest absolute Gasteiger partial charge is 0.388 e. The zero-order valence-corrected chi connectivity index (χ0v) is 25.7. The van der Waals surface area contributed by atoms with Gasteiger partial charge in [-0.15, -0.1) is 0 Å². The summed E-state index contributed by atoms with van der Waals surface area (Å²) in [5.74, 6) is 0.660. The van der Waals surface area contributed by atoms with E-state index in [1.165, 1.54) is 4.57 Å². The molecule has 228 valence electrons. The van der Waals surface area contributed by atoms with Crippen LogP contribution in [-0.2, 0) is 11.2 Å². The number of amidine groups is 1. The molecule has 2 aromatic heterocycles. The Kier molecular flexibility index (Phi) is 9.64. The van der Waals surface area contributed by atoms with E-state index in [9.17, 15) is 4.79 Å². The van der Waals surface area contributed by atoms with Crippen LogP contribution in [0.5, 0.6) is 0 Å². The fraction of sp³-hybridized carbons (Fsp3) is 0.424. The van der Waals surface area contributed by atoms with Gasteiger partial charge >= 0.3 is 5.69 Å². The van der Waals surface area contributed by atoms with E-state index in [-0.39, 0.29) is 23.3 Å².